The standard InChI is InChI=1S/C22H33N5O5/c1-3-30-21(31-4-2)17-27-16-20(24-25-27)22(28)23-15-18-6-5-7-19(14-18)32-13-10-26-8-11-29-12-9-26/h5-7,14,16,21H,3-4,8-13,15,17H2,1-2H3,(H,23,28). The molecule has 0 atom stereocenters. The molecule has 0 spiro atoms. The topological polar surface area (TPSA) is 100.0 Å². The third-order valence-corrected chi connectivity index (χ3v) is 4.94. The molecule has 1 N–H and O–H groups in total. The molecule has 1 amide bonds. The summed E-state index contributed by atoms with van der Waals surface area (Å²) in [4.78, 5) is 14.8. The Labute approximate surface area is 188 Å². The molecule has 1 fully saturated rings. The number of aromatic nitrogens is 3. The molecular weight excluding hydrogens is 414 g/mol. The zero-order valence-corrected chi connectivity index (χ0v) is 18.9. The molecule has 1 aromatic carbocycles. The summed E-state index contributed by atoms with van der Waals surface area (Å²) in [6, 6.07) is 7.72. The highest BCUT2D eigenvalue weighted by Crippen LogP contribution is 2.13. The number of morpholine rings is 1. The monoisotopic (exact) mass is 447 g/mol. The summed E-state index contributed by atoms with van der Waals surface area (Å²) in [6.07, 6.45) is 1.17. The van der Waals surface area contributed by atoms with Gasteiger partial charge in [-0.2, -0.15) is 0 Å². The number of ether oxygens (including phenoxy) is 4. The summed E-state index contributed by atoms with van der Waals surface area (Å²) in [6.45, 7) is 10.5. The van der Waals surface area contributed by atoms with Crippen molar-refractivity contribution in [1.82, 2.24) is 25.2 Å². The van der Waals surface area contributed by atoms with Crippen molar-refractivity contribution in [2.75, 3.05) is 52.7 Å². The molecule has 2 aromatic rings. The number of carbonyl (C=O) groups is 1. The lowest BCUT2D eigenvalue weighted by molar-refractivity contribution is -0.145. The molecule has 176 valence electrons. The minimum atomic E-state index is -0.423. The van der Waals surface area contributed by atoms with Crippen LogP contribution in [-0.4, -0.2) is 84.8 Å². The molecule has 32 heavy (non-hydrogen) atoms. The van der Waals surface area contributed by atoms with Gasteiger partial charge in [-0.05, 0) is 31.5 Å². The Morgan fingerprint density at radius 1 is 1.22 bits per heavy atom. The Morgan fingerprint density at radius 2 is 2.00 bits per heavy atom. The van der Waals surface area contributed by atoms with Crippen LogP contribution < -0.4 is 10.1 Å². The Balaban J connectivity index is 1.44. The highest BCUT2D eigenvalue weighted by atomic mass is 16.7. The van der Waals surface area contributed by atoms with Gasteiger partial charge in [0, 0.05) is 39.4 Å². The van der Waals surface area contributed by atoms with Crippen LogP contribution in [0, 0.1) is 0 Å². The van der Waals surface area contributed by atoms with E-state index in [1.807, 2.05) is 38.1 Å². The Morgan fingerprint density at radius 3 is 2.75 bits per heavy atom. The quantitative estimate of drug-likeness (QED) is 0.459. The molecule has 0 saturated carbocycles. The second-order valence-electron chi connectivity index (χ2n) is 7.30. The average Bonchev–Trinajstić information content (AvgIpc) is 3.27. The minimum Gasteiger partial charge on any atom is -0.492 e. The Kier molecular flexibility index (Phi) is 9.89. The van der Waals surface area contributed by atoms with Gasteiger partial charge in [0.25, 0.3) is 5.91 Å². The fourth-order valence-electron chi connectivity index (χ4n) is 3.31. The first-order valence-corrected chi connectivity index (χ1v) is 11.1. The van der Waals surface area contributed by atoms with Crippen LogP contribution in [0.1, 0.15) is 29.9 Å². The molecule has 2 heterocycles. The highest BCUT2D eigenvalue weighted by molar-refractivity contribution is 5.91. The van der Waals surface area contributed by atoms with Crippen LogP contribution in [0.15, 0.2) is 30.5 Å². The number of hydrogen-bond donors (Lipinski definition) is 1. The predicted octanol–water partition coefficient (Wildman–Crippen LogP) is 1.32. The molecule has 1 aromatic heterocycles. The van der Waals surface area contributed by atoms with Gasteiger partial charge in [-0.15, -0.1) is 5.10 Å². The third kappa shape index (κ3) is 7.86. The number of benzene rings is 1. The maximum atomic E-state index is 12.5. The van der Waals surface area contributed by atoms with Gasteiger partial charge < -0.3 is 24.3 Å². The zero-order chi connectivity index (χ0) is 22.6. The molecule has 1 aliphatic rings. The predicted molar refractivity (Wildman–Crippen MR) is 117 cm³/mol. The average molecular weight is 448 g/mol. The van der Waals surface area contributed by atoms with E-state index in [9.17, 15) is 4.79 Å². The second kappa shape index (κ2) is 13.1. The summed E-state index contributed by atoms with van der Waals surface area (Å²) in [5.74, 6) is 0.494. The normalized spacial score (nSPS) is 14.6. The lowest BCUT2D eigenvalue weighted by Crippen LogP contribution is -2.38. The van der Waals surface area contributed by atoms with Gasteiger partial charge in [0.05, 0.1) is 26.0 Å². The minimum absolute atomic E-state index is 0.245. The van der Waals surface area contributed by atoms with Gasteiger partial charge in [-0.25, -0.2) is 4.68 Å². The van der Waals surface area contributed by atoms with E-state index in [0.717, 1.165) is 44.2 Å². The van der Waals surface area contributed by atoms with Crippen LogP contribution in [0.5, 0.6) is 5.75 Å². The van der Waals surface area contributed by atoms with E-state index in [1.165, 1.54) is 0 Å². The SMILES string of the molecule is CCOC(Cn1cc(C(=O)NCc2cccc(OCCN3CCOCC3)c2)nn1)OCC. The number of nitrogens with one attached hydrogen (secondary N) is 1. The van der Waals surface area contributed by atoms with E-state index in [2.05, 4.69) is 20.5 Å². The van der Waals surface area contributed by atoms with Crippen LogP contribution in [0.25, 0.3) is 0 Å². The lowest BCUT2D eigenvalue weighted by atomic mass is 10.2. The first-order valence-electron chi connectivity index (χ1n) is 11.1. The van der Waals surface area contributed by atoms with Crippen molar-refractivity contribution < 1.29 is 23.7 Å². The summed E-state index contributed by atoms with van der Waals surface area (Å²) in [7, 11) is 0. The molecule has 0 unspecified atom stereocenters. The van der Waals surface area contributed by atoms with Gasteiger partial charge in [-0.3, -0.25) is 9.69 Å². The van der Waals surface area contributed by atoms with Crippen LogP contribution >= 0.6 is 0 Å². The van der Waals surface area contributed by atoms with Gasteiger partial charge in [0.15, 0.2) is 12.0 Å². The summed E-state index contributed by atoms with van der Waals surface area (Å²) in [5, 5.41) is 10.8. The number of rotatable bonds is 13. The third-order valence-electron chi connectivity index (χ3n) is 4.94. The summed E-state index contributed by atoms with van der Waals surface area (Å²) in [5.41, 5.74) is 1.19. The molecule has 0 bridgehead atoms. The van der Waals surface area contributed by atoms with Crippen molar-refractivity contribution in [2.45, 2.75) is 33.2 Å². The molecule has 1 aliphatic heterocycles. The summed E-state index contributed by atoms with van der Waals surface area (Å²) >= 11 is 0. The van der Waals surface area contributed by atoms with Crippen molar-refractivity contribution >= 4 is 5.91 Å². The second-order valence-corrected chi connectivity index (χ2v) is 7.30. The van der Waals surface area contributed by atoms with Crippen LogP contribution in [0.4, 0.5) is 0 Å². The summed E-state index contributed by atoms with van der Waals surface area (Å²) < 4.78 is 23.8. The molecule has 10 nitrogen and oxygen atoms in total. The van der Waals surface area contributed by atoms with E-state index in [0.29, 0.717) is 32.9 Å². The van der Waals surface area contributed by atoms with Gasteiger partial charge in [0.1, 0.15) is 12.4 Å². The van der Waals surface area contributed by atoms with E-state index in [1.54, 1.807) is 10.9 Å². The van der Waals surface area contributed by atoms with Crippen LogP contribution in [-0.2, 0) is 27.3 Å². The number of carbonyl (C=O) groups excluding carboxylic acids is 1. The molecule has 1 saturated heterocycles. The Hall–Kier alpha value is -2.53. The van der Waals surface area contributed by atoms with Gasteiger partial charge in [0.2, 0.25) is 0 Å². The highest BCUT2D eigenvalue weighted by Gasteiger charge is 2.15. The van der Waals surface area contributed by atoms with Gasteiger partial charge >= 0.3 is 0 Å². The lowest BCUT2D eigenvalue weighted by Gasteiger charge is -2.26. The number of amides is 1. The maximum absolute atomic E-state index is 12.5. The van der Waals surface area contributed by atoms with Gasteiger partial charge in [-0.1, -0.05) is 17.3 Å². The fraction of sp³-hybridized carbons (Fsp3) is 0.591. The van der Waals surface area contributed by atoms with Crippen molar-refractivity contribution in [2.24, 2.45) is 0 Å². The first-order chi connectivity index (χ1) is 15.7. The molecule has 3 rings (SSSR count). The molecule has 0 radical (unpaired) electrons. The van der Waals surface area contributed by atoms with E-state index >= 15 is 0 Å². The van der Waals surface area contributed by atoms with Crippen molar-refractivity contribution in [1.29, 1.82) is 0 Å². The maximum Gasteiger partial charge on any atom is 0.273 e. The van der Waals surface area contributed by atoms with Crippen molar-refractivity contribution in [3.63, 3.8) is 0 Å². The largest absolute Gasteiger partial charge is 0.492 e. The molecule has 10 heteroatoms. The van der Waals surface area contributed by atoms with Crippen molar-refractivity contribution in [3.8, 4) is 5.75 Å². The Bertz CT molecular complexity index is 819. The van der Waals surface area contributed by atoms with Crippen LogP contribution in [0.2, 0.25) is 0 Å². The van der Waals surface area contributed by atoms with E-state index in [-0.39, 0.29) is 11.6 Å². The van der Waals surface area contributed by atoms with Crippen molar-refractivity contribution in [3.05, 3.63) is 41.7 Å². The first kappa shape index (κ1) is 24.1. The molecular formula is C22H33N5O5. The molecule has 0 aliphatic carbocycles. The van der Waals surface area contributed by atoms with E-state index in [4.69, 9.17) is 18.9 Å². The van der Waals surface area contributed by atoms with Crippen LogP contribution in [0.3, 0.4) is 0 Å². The smallest absolute Gasteiger partial charge is 0.273 e. The fourth-order valence-corrected chi connectivity index (χ4v) is 3.31. The van der Waals surface area contributed by atoms with E-state index < -0.39 is 6.29 Å². The number of hydrogen-bond acceptors (Lipinski definition) is 8. The zero-order valence-electron chi connectivity index (χ0n) is 18.9. The number of nitrogens with zero attached hydrogens (tertiary/aromatic N) is 4.